The van der Waals surface area contributed by atoms with Crippen LogP contribution in [0.25, 0.3) is 12.2 Å². The van der Waals surface area contributed by atoms with E-state index in [2.05, 4.69) is 19.9 Å². The van der Waals surface area contributed by atoms with E-state index in [1.54, 1.807) is 24.5 Å². The average molecular weight is 352 g/mol. The Morgan fingerprint density at radius 2 is 1.81 bits per heavy atom. The molecule has 2 aromatic heterocycles. The molecule has 0 saturated carbocycles. The van der Waals surface area contributed by atoms with Crippen LogP contribution < -0.4 is 26.6 Å². The highest BCUT2D eigenvalue weighted by molar-refractivity contribution is 5.51. The molecule has 3 aromatic rings. The summed E-state index contributed by atoms with van der Waals surface area (Å²) in [6.07, 6.45) is 5.48. The van der Waals surface area contributed by atoms with E-state index in [9.17, 15) is 9.59 Å². The molecule has 0 fully saturated rings. The molecule has 7 heteroatoms. The van der Waals surface area contributed by atoms with Gasteiger partial charge in [0.25, 0.3) is 11.1 Å². The maximum Gasteiger partial charge on any atom is 0.272 e. The van der Waals surface area contributed by atoms with Crippen LogP contribution in [-0.4, -0.2) is 26.5 Å². The molecule has 0 atom stereocenters. The predicted octanol–water partition coefficient (Wildman–Crippen LogP) is 0.405. The van der Waals surface area contributed by atoms with Gasteiger partial charge in [-0.05, 0) is 43.2 Å². The molecule has 1 aromatic carbocycles. The maximum atomic E-state index is 12.4. The van der Waals surface area contributed by atoms with Crippen molar-refractivity contribution >= 4 is 12.2 Å². The fourth-order valence-electron chi connectivity index (χ4n) is 2.60. The summed E-state index contributed by atoms with van der Waals surface area (Å²) in [4.78, 5) is 37.1. The third-order valence-electron chi connectivity index (χ3n) is 3.85. The van der Waals surface area contributed by atoms with Crippen LogP contribution in [-0.2, 0) is 6.42 Å². The Labute approximate surface area is 149 Å². The Bertz CT molecular complexity index is 1140. The zero-order chi connectivity index (χ0) is 18.5. The second kappa shape index (κ2) is 7.69. The van der Waals surface area contributed by atoms with Crippen LogP contribution in [0, 0.1) is 0 Å². The number of aromatic nitrogens is 4. The van der Waals surface area contributed by atoms with E-state index >= 15 is 0 Å². The summed E-state index contributed by atoms with van der Waals surface area (Å²) in [6.45, 7) is 4.43. The van der Waals surface area contributed by atoms with Gasteiger partial charge in [-0.2, -0.15) is 0 Å². The van der Waals surface area contributed by atoms with Crippen molar-refractivity contribution in [2.24, 2.45) is 0 Å². The zero-order valence-electron chi connectivity index (χ0n) is 14.6. The van der Waals surface area contributed by atoms with Gasteiger partial charge in [0.05, 0.1) is 18.6 Å². The zero-order valence-corrected chi connectivity index (χ0v) is 14.6. The van der Waals surface area contributed by atoms with Crippen molar-refractivity contribution in [1.82, 2.24) is 19.9 Å². The molecule has 7 nitrogen and oxygen atoms in total. The third kappa shape index (κ3) is 3.83. The molecular formula is C19H20N4O3. The molecule has 26 heavy (non-hydrogen) atoms. The number of ether oxygens (including phenoxy) is 1. The van der Waals surface area contributed by atoms with Crippen LogP contribution in [0.5, 0.6) is 5.75 Å². The Kier molecular flexibility index (Phi) is 5.17. The molecule has 0 spiro atoms. The first-order valence-electron chi connectivity index (χ1n) is 8.42. The van der Waals surface area contributed by atoms with Crippen molar-refractivity contribution < 1.29 is 4.74 Å². The summed E-state index contributed by atoms with van der Waals surface area (Å²) in [5.74, 6) is 0.704. The minimum atomic E-state index is -0.387. The van der Waals surface area contributed by atoms with Gasteiger partial charge < -0.3 is 19.7 Å². The molecule has 0 unspecified atom stereocenters. The lowest BCUT2D eigenvalue weighted by atomic mass is 10.2. The molecule has 0 amide bonds. The predicted molar refractivity (Wildman–Crippen MR) is 99.6 cm³/mol. The fraction of sp³-hybridized carbons (Fsp3) is 0.211. The molecule has 3 N–H and O–H groups in total. The first kappa shape index (κ1) is 17.5. The van der Waals surface area contributed by atoms with Crippen LogP contribution in [0.3, 0.4) is 0 Å². The SMILES string of the molecule is CCOc1cccc(/C=c2\[nH]c(=O)/c(=C/c3nc[nH]c3CC)[nH]c2=O)c1. The quantitative estimate of drug-likeness (QED) is 0.618. The molecule has 0 saturated heterocycles. The van der Waals surface area contributed by atoms with E-state index in [4.69, 9.17) is 4.74 Å². The number of aryl methyl sites for hydroxylation is 1. The van der Waals surface area contributed by atoms with Crippen molar-refractivity contribution in [1.29, 1.82) is 0 Å². The number of imidazole rings is 1. The van der Waals surface area contributed by atoms with Gasteiger partial charge in [0.15, 0.2) is 0 Å². The number of hydrogen-bond donors (Lipinski definition) is 3. The highest BCUT2D eigenvalue weighted by atomic mass is 16.5. The van der Waals surface area contributed by atoms with Gasteiger partial charge in [-0.15, -0.1) is 0 Å². The highest BCUT2D eigenvalue weighted by Gasteiger charge is 2.02. The Morgan fingerprint density at radius 1 is 1.08 bits per heavy atom. The van der Waals surface area contributed by atoms with E-state index in [0.29, 0.717) is 18.1 Å². The van der Waals surface area contributed by atoms with Crippen molar-refractivity contribution in [3.8, 4) is 5.75 Å². The Balaban J connectivity index is 2.07. The van der Waals surface area contributed by atoms with E-state index < -0.39 is 0 Å². The van der Waals surface area contributed by atoms with Crippen LogP contribution in [0.4, 0.5) is 0 Å². The minimum Gasteiger partial charge on any atom is -0.494 e. The topological polar surface area (TPSA) is 104 Å². The second-order valence-electron chi connectivity index (χ2n) is 5.65. The summed E-state index contributed by atoms with van der Waals surface area (Å²) < 4.78 is 5.45. The average Bonchev–Trinajstić information content (AvgIpc) is 3.07. The Hall–Kier alpha value is -3.35. The molecule has 3 rings (SSSR count). The van der Waals surface area contributed by atoms with Gasteiger partial charge in [0.2, 0.25) is 0 Å². The van der Waals surface area contributed by atoms with E-state index in [0.717, 1.165) is 17.7 Å². The van der Waals surface area contributed by atoms with Gasteiger partial charge in [-0.3, -0.25) is 9.59 Å². The molecule has 0 radical (unpaired) electrons. The van der Waals surface area contributed by atoms with Gasteiger partial charge in [-0.25, -0.2) is 4.98 Å². The molecular weight excluding hydrogens is 332 g/mol. The second-order valence-corrected chi connectivity index (χ2v) is 5.65. The van der Waals surface area contributed by atoms with Crippen molar-refractivity contribution in [2.45, 2.75) is 20.3 Å². The number of rotatable bonds is 5. The maximum absolute atomic E-state index is 12.4. The number of benzene rings is 1. The molecule has 0 aliphatic carbocycles. The summed E-state index contributed by atoms with van der Waals surface area (Å²) in [7, 11) is 0. The van der Waals surface area contributed by atoms with E-state index in [1.807, 2.05) is 32.0 Å². The molecule has 0 aliphatic heterocycles. The standard InChI is InChI=1S/C19H20N4O3/c1-3-14-15(21-11-20-14)10-17-19(25)22-16(18(24)23-17)9-12-6-5-7-13(8-12)26-4-2/h5-11H,3-4H2,1-2H3,(H,20,21)(H,22,25)(H,23,24)/b16-9-,17-10-. The third-order valence-corrected chi connectivity index (χ3v) is 3.85. The van der Waals surface area contributed by atoms with Crippen LogP contribution in [0.1, 0.15) is 30.8 Å². The van der Waals surface area contributed by atoms with Gasteiger partial charge in [-0.1, -0.05) is 19.1 Å². The smallest absolute Gasteiger partial charge is 0.272 e. The lowest BCUT2D eigenvalue weighted by molar-refractivity contribution is 0.340. The van der Waals surface area contributed by atoms with Crippen LogP contribution in [0.2, 0.25) is 0 Å². The first-order valence-corrected chi connectivity index (χ1v) is 8.42. The molecule has 2 heterocycles. The number of aromatic amines is 3. The lowest BCUT2D eigenvalue weighted by Gasteiger charge is -2.02. The summed E-state index contributed by atoms with van der Waals surface area (Å²) >= 11 is 0. The van der Waals surface area contributed by atoms with Crippen LogP contribution >= 0.6 is 0 Å². The number of H-pyrrole nitrogens is 3. The Morgan fingerprint density at radius 3 is 2.50 bits per heavy atom. The van der Waals surface area contributed by atoms with Gasteiger partial charge in [0, 0.05) is 5.69 Å². The summed E-state index contributed by atoms with van der Waals surface area (Å²) in [5, 5.41) is 0.343. The van der Waals surface area contributed by atoms with Crippen molar-refractivity contribution in [3.05, 3.63) is 78.9 Å². The van der Waals surface area contributed by atoms with E-state index in [-0.39, 0.29) is 21.8 Å². The number of hydrogen-bond acceptors (Lipinski definition) is 4. The van der Waals surface area contributed by atoms with Gasteiger partial charge in [0.1, 0.15) is 16.4 Å². The monoisotopic (exact) mass is 352 g/mol. The summed E-state index contributed by atoms with van der Waals surface area (Å²) in [6, 6.07) is 7.30. The number of nitrogens with zero attached hydrogens (tertiary/aromatic N) is 1. The van der Waals surface area contributed by atoms with Crippen molar-refractivity contribution in [3.63, 3.8) is 0 Å². The van der Waals surface area contributed by atoms with E-state index in [1.165, 1.54) is 0 Å². The normalized spacial score (nSPS) is 12.5. The van der Waals surface area contributed by atoms with Crippen molar-refractivity contribution in [2.75, 3.05) is 6.61 Å². The van der Waals surface area contributed by atoms with Crippen LogP contribution in [0.15, 0.2) is 40.2 Å². The fourth-order valence-corrected chi connectivity index (χ4v) is 2.60. The summed E-state index contributed by atoms with van der Waals surface area (Å²) in [5.41, 5.74) is 1.52. The highest BCUT2D eigenvalue weighted by Crippen LogP contribution is 2.13. The number of nitrogens with one attached hydrogen (secondary N) is 3. The van der Waals surface area contributed by atoms with Gasteiger partial charge >= 0.3 is 0 Å². The minimum absolute atomic E-state index is 0.164. The first-order chi connectivity index (χ1) is 12.6. The molecule has 0 aliphatic rings. The molecule has 134 valence electrons. The lowest BCUT2D eigenvalue weighted by Crippen LogP contribution is -2.46. The largest absolute Gasteiger partial charge is 0.494 e. The molecule has 0 bridgehead atoms.